The van der Waals surface area contributed by atoms with Gasteiger partial charge < -0.3 is 9.88 Å². The Morgan fingerprint density at radius 2 is 1.90 bits per heavy atom. The Hall–Kier alpha value is -0.830. The lowest BCUT2D eigenvalue weighted by atomic mass is 9.97. The van der Waals surface area contributed by atoms with Gasteiger partial charge in [-0.15, -0.1) is 0 Å². The monoisotopic (exact) mass is 273 g/mol. The van der Waals surface area contributed by atoms with Crippen LogP contribution in [0.25, 0.3) is 0 Å². The Morgan fingerprint density at radius 1 is 1.20 bits per heavy atom. The van der Waals surface area contributed by atoms with E-state index in [1.165, 1.54) is 43.7 Å². The minimum Gasteiger partial charge on any atom is -0.331 e. The predicted molar refractivity (Wildman–Crippen MR) is 80.7 cm³/mol. The number of fused-ring (bicyclic) bond motifs is 1. The molecule has 0 unspecified atom stereocenters. The zero-order chi connectivity index (χ0) is 13.7. The van der Waals surface area contributed by atoms with Crippen molar-refractivity contribution < 1.29 is 0 Å². The van der Waals surface area contributed by atoms with Gasteiger partial charge in [-0.1, -0.05) is 13.8 Å². The highest BCUT2D eigenvalue weighted by molar-refractivity contribution is 5.22. The lowest BCUT2D eigenvalue weighted by molar-refractivity contribution is 0.336. The van der Waals surface area contributed by atoms with Gasteiger partial charge in [-0.05, 0) is 43.4 Å². The van der Waals surface area contributed by atoms with E-state index >= 15 is 0 Å². The third-order valence-corrected chi connectivity index (χ3v) is 5.38. The van der Waals surface area contributed by atoms with Gasteiger partial charge in [0.2, 0.25) is 0 Å². The van der Waals surface area contributed by atoms with Crippen molar-refractivity contribution in [1.29, 1.82) is 0 Å². The quantitative estimate of drug-likeness (QED) is 0.893. The van der Waals surface area contributed by atoms with Gasteiger partial charge >= 0.3 is 0 Å². The number of hydrogen-bond donors (Lipinski definition) is 1. The van der Waals surface area contributed by atoms with Gasteiger partial charge in [-0.25, -0.2) is 4.98 Å². The van der Waals surface area contributed by atoms with Crippen molar-refractivity contribution >= 4 is 0 Å². The Labute approximate surface area is 122 Å². The van der Waals surface area contributed by atoms with Crippen LogP contribution < -0.4 is 5.32 Å². The maximum atomic E-state index is 4.96. The number of aromatic nitrogens is 2. The molecule has 2 saturated carbocycles. The molecule has 1 N–H and O–H groups in total. The summed E-state index contributed by atoms with van der Waals surface area (Å²) in [7, 11) is 0. The van der Waals surface area contributed by atoms with Gasteiger partial charge in [0.25, 0.3) is 0 Å². The van der Waals surface area contributed by atoms with Crippen LogP contribution in [0.1, 0.15) is 62.7 Å². The molecule has 2 heterocycles. The van der Waals surface area contributed by atoms with Crippen LogP contribution in [-0.2, 0) is 19.5 Å². The molecule has 110 valence electrons. The highest BCUT2D eigenvalue weighted by Gasteiger charge is 2.42. The summed E-state index contributed by atoms with van der Waals surface area (Å²) in [6.07, 6.45) is 7.09. The normalized spacial score (nSPS) is 22.6. The van der Waals surface area contributed by atoms with Gasteiger partial charge in [0.05, 0.1) is 5.69 Å². The molecule has 4 rings (SSSR count). The fourth-order valence-corrected chi connectivity index (χ4v) is 3.98. The van der Waals surface area contributed by atoms with Crippen molar-refractivity contribution in [2.24, 2.45) is 17.8 Å². The molecule has 0 saturated heterocycles. The zero-order valence-corrected chi connectivity index (χ0v) is 12.9. The Bertz CT molecular complexity index is 483. The van der Waals surface area contributed by atoms with E-state index in [2.05, 4.69) is 23.7 Å². The third kappa shape index (κ3) is 2.30. The lowest BCUT2D eigenvalue weighted by Crippen LogP contribution is -2.26. The van der Waals surface area contributed by atoms with Crippen LogP contribution in [0.5, 0.6) is 0 Å². The molecule has 0 amide bonds. The van der Waals surface area contributed by atoms with Crippen molar-refractivity contribution in [3.8, 4) is 0 Å². The van der Waals surface area contributed by atoms with E-state index in [0.29, 0.717) is 5.92 Å². The number of imidazole rings is 1. The average molecular weight is 273 g/mol. The maximum Gasteiger partial charge on any atom is 0.111 e. The van der Waals surface area contributed by atoms with E-state index in [1.54, 1.807) is 5.69 Å². The van der Waals surface area contributed by atoms with Crippen molar-refractivity contribution in [3.63, 3.8) is 0 Å². The highest BCUT2D eigenvalue weighted by atomic mass is 15.1. The summed E-state index contributed by atoms with van der Waals surface area (Å²) >= 11 is 0. The number of rotatable bonds is 5. The zero-order valence-electron chi connectivity index (χ0n) is 12.9. The summed E-state index contributed by atoms with van der Waals surface area (Å²) in [6.45, 7) is 7.93. The van der Waals surface area contributed by atoms with E-state index < -0.39 is 0 Å². The smallest absolute Gasteiger partial charge is 0.111 e. The van der Waals surface area contributed by atoms with Crippen LogP contribution in [0.2, 0.25) is 0 Å². The SMILES string of the molecule is CC(C)c1nc2c(n1CC(C1CC1)C1CC1)CCNC2. The molecule has 20 heavy (non-hydrogen) atoms. The summed E-state index contributed by atoms with van der Waals surface area (Å²) in [5.74, 6) is 4.88. The summed E-state index contributed by atoms with van der Waals surface area (Å²) in [5, 5.41) is 3.47. The van der Waals surface area contributed by atoms with E-state index in [-0.39, 0.29) is 0 Å². The highest BCUT2D eigenvalue weighted by Crippen LogP contribution is 2.50. The summed E-state index contributed by atoms with van der Waals surface area (Å²) in [5.41, 5.74) is 2.86. The molecule has 2 fully saturated rings. The molecular formula is C17H27N3. The van der Waals surface area contributed by atoms with Gasteiger partial charge in [0, 0.05) is 37.7 Å². The van der Waals surface area contributed by atoms with E-state index in [0.717, 1.165) is 37.3 Å². The van der Waals surface area contributed by atoms with Crippen molar-refractivity contribution in [3.05, 3.63) is 17.2 Å². The first kappa shape index (κ1) is 12.9. The van der Waals surface area contributed by atoms with Crippen LogP contribution in [0.4, 0.5) is 0 Å². The minimum absolute atomic E-state index is 0.541. The van der Waals surface area contributed by atoms with Crippen LogP contribution in [0, 0.1) is 17.8 Å². The van der Waals surface area contributed by atoms with Gasteiger partial charge in [-0.3, -0.25) is 0 Å². The van der Waals surface area contributed by atoms with Crippen molar-refractivity contribution in [2.45, 2.75) is 65.0 Å². The third-order valence-electron chi connectivity index (χ3n) is 5.38. The fourth-order valence-electron chi connectivity index (χ4n) is 3.98. The summed E-state index contributed by atoms with van der Waals surface area (Å²) < 4.78 is 2.63. The molecule has 0 spiro atoms. The van der Waals surface area contributed by atoms with Crippen LogP contribution in [0.3, 0.4) is 0 Å². The Morgan fingerprint density at radius 3 is 2.50 bits per heavy atom. The first-order valence-electron chi connectivity index (χ1n) is 8.53. The fraction of sp³-hybridized carbons (Fsp3) is 0.824. The number of nitrogens with zero attached hydrogens (tertiary/aromatic N) is 2. The topological polar surface area (TPSA) is 29.9 Å². The van der Waals surface area contributed by atoms with E-state index in [1.807, 2.05) is 0 Å². The van der Waals surface area contributed by atoms with Crippen molar-refractivity contribution in [2.75, 3.05) is 6.54 Å². The molecule has 1 aromatic heterocycles. The molecule has 0 atom stereocenters. The second-order valence-electron chi connectivity index (χ2n) is 7.39. The summed E-state index contributed by atoms with van der Waals surface area (Å²) in [6, 6.07) is 0. The number of hydrogen-bond acceptors (Lipinski definition) is 2. The Balaban J connectivity index is 1.66. The minimum atomic E-state index is 0.541. The Kier molecular flexibility index (Phi) is 3.13. The van der Waals surface area contributed by atoms with Gasteiger partial charge in [0.1, 0.15) is 5.82 Å². The van der Waals surface area contributed by atoms with Crippen LogP contribution in [-0.4, -0.2) is 16.1 Å². The second kappa shape index (κ2) is 4.87. The first-order chi connectivity index (χ1) is 9.74. The van der Waals surface area contributed by atoms with Gasteiger partial charge in [0.15, 0.2) is 0 Å². The summed E-state index contributed by atoms with van der Waals surface area (Å²) in [4.78, 5) is 4.96. The molecule has 1 aromatic rings. The van der Waals surface area contributed by atoms with Crippen LogP contribution in [0.15, 0.2) is 0 Å². The molecule has 3 nitrogen and oxygen atoms in total. The molecule has 0 radical (unpaired) electrons. The largest absolute Gasteiger partial charge is 0.331 e. The van der Waals surface area contributed by atoms with E-state index in [9.17, 15) is 0 Å². The second-order valence-corrected chi connectivity index (χ2v) is 7.39. The predicted octanol–water partition coefficient (Wildman–Crippen LogP) is 3.09. The van der Waals surface area contributed by atoms with Crippen molar-refractivity contribution in [1.82, 2.24) is 14.9 Å². The molecule has 0 aromatic carbocycles. The molecule has 1 aliphatic heterocycles. The van der Waals surface area contributed by atoms with Gasteiger partial charge in [-0.2, -0.15) is 0 Å². The average Bonchev–Trinajstić information content (AvgIpc) is 3.33. The standard InChI is InChI=1S/C17H27N3/c1-11(2)17-19-15-9-18-8-7-16(15)20(17)10-14(12-3-4-12)13-5-6-13/h11-14,18H,3-10H2,1-2H3. The molecular weight excluding hydrogens is 246 g/mol. The molecule has 2 aliphatic carbocycles. The maximum absolute atomic E-state index is 4.96. The molecule has 0 bridgehead atoms. The van der Waals surface area contributed by atoms with Crippen LogP contribution >= 0.6 is 0 Å². The molecule has 3 aliphatic rings. The number of nitrogens with one attached hydrogen (secondary N) is 1. The molecule has 3 heteroatoms. The lowest BCUT2D eigenvalue weighted by Gasteiger charge is -2.22. The van der Waals surface area contributed by atoms with E-state index in [4.69, 9.17) is 4.98 Å². The first-order valence-corrected chi connectivity index (χ1v) is 8.53.